The zero-order valence-electron chi connectivity index (χ0n) is 15.1. The number of nitrogens with zero attached hydrogens (tertiary/aromatic N) is 2. The number of carbonyl (C=O) groups is 1. The van der Waals surface area contributed by atoms with Crippen LogP contribution in [0.3, 0.4) is 0 Å². The fraction of sp³-hybridized carbons (Fsp3) is 0.421. The Kier molecular flexibility index (Phi) is 4.24. The second kappa shape index (κ2) is 6.03. The quantitative estimate of drug-likeness (QED) is 0.854. The molecule has 1 amide bonds. The summed E-state index contributed by atoms with van der Waals surface area (Å²) >= 11 is 6.11. The maximum Gasteiger partial charge on any atom is 0.252 e. The summed E-state index contributed by atoms with van der Waals surface area (Å²) in [5.74, 6) is 0.126. The molecule has 1 aliphatic carbocycles. The van der Waals surface area contributed by atoms with E-state index < -0.39 is 5.91 Å². The summed E-state index contributed by atoms with van der Waals surface area (Å²) in [5, 5.41) is 16.3. The number of nitriles is 1. The summed E-state index contributed by atoms with van der Waals surface area (Å²) in [6.45, 7) is 8.35. The Morgan fingerprint density at radius 2 is 2.00 bits per heavy atom. The third-order valence-corrected chi connectivity index (χ3v) is 5.69. The number of hydrogen-bond acceptors (Lipinski definition) is 4. The predicted molar refractivity (Wildman–Crippen MR) is 98.0 cm³/mol. The molecule has 7 heteroatoms. The van der Waals surface area contributed by atoms with Crippen LogP contribution in [0.4, 0.5) is 0 Å². The predicted octanol–water partition coefficient (Wildman–Crippen LogP) is 3.63. The van der Waals surface area contributed by atoms with Crippen molar-refractivity contribution in [3.63, 3.8) is 0 Å². The van der Waals surface area contributed by atoms with E-state index in [0.29, 0.717) is 21.9 Å². The number of aromatic nitrogens is 2. The van der Waals surface area contributed by atoms with Gasteiger partial charge in [0.25, 0.3) is 5.91 Å². The van der Waals surface area contributed by atoms with Crippen LogP contribution in [0.1, 0.15) is 55.2 Å². The average Bonchev–Trinajstić information content (AvgIpc) is 3.00. The Bertz CT molecular complexity index is 895. The molecule has 0 atom stereocenters. The first-order valence-corrected chi connectivity index (χ1v) is 8.68. The molecular formula is C19H21ClN4O2. The minimum Gasteiger partial charge on any atom is -0.489 e. The second-order valence-corrected chi connectivity index (χ2v) is 8.30. The van der Waals surface area contributed by atoms with Crippen molar-refractivity contribution in [3.8, 4) is 11.8 Å². The van der Waals surface area contributed by atoms with Crippen LogP contribution in [0.15, 0.2) is 24.4 Å². The number of benzene rings is 1. The smallest absolute Gasteiger partial charge is 0.252 e. The summed E-state index contributed by atoms with van der Waals surface area (Å²) in [5.41, 5.74) is 6.49. The van der Waals surface area contributed by atoms with E-state index in [-0.39, 0.29) is 22.9 Å². The van der Waals surface area contributed by atoms with Crippen molar-refractivity contribution < 1.29 is 9.53 Å². The molecule has 26 heavy (non-hydrogen) atoms. The first kappa shape index (κ1) is 18.3. The molecule has 0 aliphatic heterocycles. The molecule has 136 valence electrons. The number of nitrogens with one attached hydrogen (secondary N) is 1. The molecule has 6 nitrogen and oxygen atoms in total. The zero-order valence-corrected chi connectivity index (χ0v) is 15.9. The highest BCUT2D eigenvalue weighted by atomic mass is 35.5. The third kappa shape index (κ3) is 2.63. The molecule has 1 aliphatic rings. The fourth-order valence-electron chi connectivity index (χ4n) is 4.68. The van der Waals surface area contributed by atoms with Gasteiger partial charge in [-0.25, -0.2) is 0 Å². The van der Waals surface area contributed by atoms with Crippen molar-refractivity contribution in [2.45, 2.75) is 39.7 Å². The molecule has 1 aromatic carbocycles. The van der Waals surface area contributed by atoms with Gasteiger partial charge in [0.05, 0.1) is 28.0 Å². The van der Waals surface area contributed by atoms with Crippen LogP contribution in [-0.2, 0) is 0 Å². The van der Waals surface area contributed by atoms with E-state index in [1.165, 1.54) is 6.20 Å². The van der Waals surface area contributed by atoms with Gasteiger partial charge in [0.2, 0.25) is 0 Å². The fourth-order valence-corrected chi connectivity index (χ4v) is 4.89. The molecule has 0 unspecified atom stereocenters. The molecule has 1 aromatic heterocycles. The number of nitrogens with two attached hydrogens (primary N) is 1. The molecule has 0 radical (unpaired) electrons. The molecular weight excluding hydrogens is 352 g/mol. The Morgan fingerprint density at radius 3 is 2.54 bits per heavy atom. The second-order valence-electron chi connectivity index (χ2n) is 7.89. The Hall–Kier alpha value is -2.52. The Balaban J connectivity index is 1.92. The van der Waals surface area contributed by atoms with Crippen LogP contribution in [0.25, 0.3) is 0 Å². The third-order valence-electron chi connectivity index (χ3n) is 5.38. The van der Waals surface area contributed by atoms with Gasteiger partial charge in [0.1, 0.15) is 17.9 Å². The summed E-state index contributed by atoms with van der Waals surface area (Å²) < 4.78 is 6.25. The molecule has 0 spiro atoms. The minimum absolute atomic E-state index is 0.0128. The first-order chi connectivity index (χ1) is 12.1. The van der Waals surface area contributed by atoms with Crippen LogP contribution >= 0.6 is 11.6 Å². The van der Waals surface area contributed by atoms with E-state index in [0.717, 1.165) is 5.69 Å². The summed E-state index contributed by atoms with van der Waals surface area (Å²) in [4.78, 5) is 11.7. The first-order valence-electron chi connectivity index (χ1n) is 8.30. The van der Waals surface area contributed by atoms with Crippen LogP contribution < -0.4 is 10.5 Å². The molecule has 0 bridgehead atoms. The Labute approximate surface area is 157 Å². The molecule has 1 fully saturated rings. The largest absolute Gasteiger partial charge is 0.489 e. The van der Waals surface area contributed by atoms with Crippen molar-refractivity contribution in [1.82, 2.24) is 10.2 Å². The van der Waals surface area contributed by atoms with Gasteiger partial charge in [0, 0.05) is 22.8 Å². The van der Waals surface area contributed by atoms with E-state index in [4.69, 9.17) is 27.3 Å². The molecule has 1 heterocycles. The van der Waals surface area contributed by atoms with Crippen LogP contribution in [0.5, 0.6) is 5.75 Å². The lowest BCUT2D eigenvalue weighted by Crippen LogP contribution is -2.64. The van der Waals surface area contributed by atoms with Crippen LogP contribution in [-0.4, -0.2) is 22.2 Å². The summed E-state index contributed by atoms with van der Waals surface area (Å²) in [6, 6.07) is 7.09. The van der Waals surface area contributed by atoms with Crippen LogP contribution in [0.2, 0.25) is 5.02 Å². The van der Waals surface area contributed by atoms with Crippen molar-refractivity contribution in [2.24, 2.45) is 16.6 Å². The number of aromatic amines is 1. The minimum atomic E-state index is -0.497. The van der Waals surface area contributed by atoms with Gasteiger partial charge < -0.3 is 10.5 Å². The van der Waals surface area contributed by atoms with Gasteiger partial charge in [-0.3, -0.25) is 9.89 Å². The lowest BCUT2D eigenvalue weighted by Gasteiger charge is -2.63. The summed E-state index contributed by atoms with van der Waals surface area (Å²) in [6.07, 6.45) is 1.34. The van der Waals surface area contributed by atoms with Gasteiger partial charge in [0.15, 0.2) is 0 Å². The number of rotatable bonds is 4. The highest BCUT2D eigenvalue weighted by Crippen LogP contribution is 2.65. The van der Waals surface area contributed by atoms with E-state index in [1.54, 1.807) is 18.2 Å². The van der Waals surface area contributed by atoms with Gasteiger partial charge in [-0.2, -0.15) is 10.4 Å². The molecule has 1 saturated carbocycles. The summed E-state index contributed by atoms with van der Waals surface area (Å²) in [7, 11) is 0. The molecule has 3 N–H and O–H groups in total. The van der Waals surface area contributed by atoms with E-state index in [9.17, 15) is 4.79 Å². The molecule has 3 rings (SSSR count). The number of amides is 1. The molecule has 0 saturated heterocycles. The van der Waals surface area contributed by atoms with Crippen molar-refractivity contribution >= 4 is 17.5 Å². The normalized spacial score (nSPS) is 22.9. The SMILES string of the molecule is CC1(C)C(Oc2ccc(C#N)c(Cl)c2)C(C)(C)C1c1[nH]ncc1C(N)=O. The monoisotopic (exact) mass is 372 g/mol. The maximum atomic E-state index is 11.7. The van der Waals surface area contributed by atoms with Crippen LogP contribution in [0, 0.1) is 22.2 Å². The van der Waals surface area contributed by atoms with Crippen molar-refractivity contribution in [2.75, 3.05) is 0 Å². The zero-order chi connectivity index (χ0) is 19.3. The number of H-pyrrole nitrogens is 1. The highest BCUT2D eigenvalue weighted by Gasteiger charge is 2.65. The number of primary amides is 1. The lowest BCUT2D eigenvalue weighted by molar-refractivity contribution is -0.161. The average molecular weight is 373 g/mol. The Morgan fingerprint density at radius 1 is 1.35 bits per heavy atom. The molecule has 2 aromatic rings. The standard InChI is InChI=1S/C19H21ClN4O2/c1-18(2)15(14-12(16(22)25)9-23-24-14)19(3,4)17(18)26-11-6-5-10(8-21)13(20)7-11/h5-7,9,15,17H,1-4H3,(H2,22,25)(H,23,24). The number of ether oxygens (including phenoxy) is 1. The number of carbonyl (C=O) groups excluding carboxylic acids is 1. The van der Waals surface area contributed by atoms with Gasteiger partial charge in [-0.15, -0.1) is 0 Å². The van der Waals surface area contributed by atoms with Crippen molar-refractivity contribution in [1.29, 1.82) is 5.26 Å². The van der Waals surface area contributed by atoms with E-state index in [2.05, 4.69) is 37.9 Å². The van der Waals surface area contributed by atoms with Crippen molar-refractivity contribution in [3.05, 3.63) is 46.2 Å². The highest BCUT2D eigenvalue weighted by molar-refractivity contribution is 6.31. The van der Waals surface area contributed by atoms with Gasteiger partial charge >= 0.3 is 0 Å². The van der Waals surface area contributed by atoms with Gasteiger partial charge in [-0.05, 0) is 12.1 Å². The lowest BCUT2D eigenvalue weighted by atomic mass is 9.44. The number of halogens is 1. The number of hydrogen-bond donors (Lipinski definition) is 2. The van der Waals surface area contributed by atoms with Gasteiger partial charge in [-0.1, -0.05) is 39.3 Å². The topological polar surface area (TPSA) is 105 Å². The van der Waals surface area contributed by atoms with E-state index in [1.807, 2.05) is 6.07 Å². The maximum absolute atomic E-state index is 11.7. The van der Waals surface area contributed by atoms with E-state index >= 15 is 0 Å².